The van der Waals surface area contributed by atoms with Gasteiger partial charge in [-0.2, -0.15) is 0 Å². The summed E-state index contributed by atoms with van der Waals surface area (Å²) in [5.74, 6) is -0.619. The Morgan fingerprint density at radius 3 is 0.698 bits per heavy atom. The number of ether oxygens (including phenoxy) is 2. The molecule has 0 saturated heterocycles. The largest absolute Gasteiger partial charge is 0.462 e. The van der Waals surface area contributed by atoms with E-state index in [1.54, 1.807) is 0 Å². The third-order valence-corrected chi connectivity index (χ3v) is 14.4. The first-order valence-corrected chi connectivity index (χ1v) is 35.0. The van der Waals surface area contributed by atoms with Crippen molar-refractivity contribution in [3.63, 3.8) is 0 Å². The van der Waals surface area contributed by atoms with Gasteiger partial charge in [0.05, 0.1) is 6.61 Å². The fraction of sp³-hybridized carbons (Fsp3) is 0.580. The van der Waals surface area contributed by atoms with E-state index >= 15 is 0 Å². The van der Waals surface area contributed by atoms with E-state index in [4.69, 9.17) is 9.47 Å². The van der Waals surface area contributed by atoms with E-state index in [1.165, 1.54) is 96.3 Å². The second-order valence-electron chi connectivity index (χ2n) is 22.5. The topological polar surface area (TPSA) is 72.8 Å². The van der Waals surface area contributed by atoms with Crippen LogP contribution in [0.15, 0.2) is 194 Å². The van der Waals surface area contributed by atoms with Gasteiger partial charge in [-0.3, -0.25) is 9.59 Å². The van der Waals surface area contributed by atoms with Gasteiger partial charge >= 0.3 is 11.9 Å². The molecule has 482 valence electrons. The molecule has 1 N–H and O–H groups in total. The number of rotatable bonds is 62. The third-order valence-electron chi connectivity index (χ3n) is 14.4. The molecule has 5 heteroatoms. The summed E-state index contributed by atoms with van der Waals surface area (Å²) in [5, 5.41) is 9.70. The van der Waals surface area contributed by atoms with Gasteiger partial charge in [0.15, 0.2) is 6.10 Å². The summed E-state index contributed by atoms with van der Waals surface area (Å²) < 4.78 is 10.7. The average Bonchev–Trinajstić information content (AvgIpc) is 3.55. The molecule has 0 rings (SSSR count). The monoisotopic (exact) mass is 1180 g/mol. The molecule has 0 radical (unpaired) electrons. The van der Waals surface area contributed by atoms with Crippen LogP contribution < -0.4 is 0 Å². The fourth-order valence-corrected chi connectivity index (χ4v) is 9.24. The summed E-state index contributed by atoms with van der Waals surface area (Å²) in [5.41, 5.74) is 0. The second kappa shape index (κ2) is 74.0. The van der Waals surface area contributed by atoms with E-state index in [0.29, 0.717) is 12.8 Å². The number of carbonyl (C=O) groups is 2. The van der Waals surface area contributed by atoms with Crippen molar-refractivity contribution in [2.24, 2.45) is 0 Å². The zero-order valence-electron chi connectivity index (χ0n) is 55.2. The molecule has 0 aromatic rings. The molecule has 0 aliphatic rings. The lowest BCUT2D eigenvalue weighted by Gasteiger charge is -2.15. The van der Waals surface area contributed by atoms with Crippen LogP contribution in [0.5, 0.6) is 0 Å². The number of esters is 2. The SMILES string of the molecule is CC/C=C\C/C=C\C/C=C\C/C=C\C/C=C\C/C=C\C/C=C\C/C=C\C/C=C\CCCCCCCC(=O)OC(CO)COC(=O)CCCCCCCCCCCCCCCCCCC/C=C\C/C=C\C/C=C\C/C=C\C/C=C\C/C=C\C/C=C\CC. The van der Waals surface area contributed by atoms with Crippen LogP contribution in [-0.4, -0.2) is 36.4 Å². The van der Waals surface area contributed by atoms with E-state index < -0.39 is 6.10 Å². The maximum atomic E-state index is 12.4. The summed E-state index contributed by atoms with van der Waals surface area (Å²) in [6.45, 7) is 3.90. The highest BCUT2D eigenvalue weighted by molar-refractivity contribution is 5.70. The maximum Gasteiger partial charge on any atom is 0.306 e. The Morgan fingerprint density at radius 1 is 0.267 bits per heavy atom. The molecule has 86 heavy (non-hydrogen) atoms. The number of hydrogen-bond acceptors (Lipinski definition) is 5. The van der Waals surface area contributed by atoms with Crippen LogP contribution in [0.2, 0.25) is 0 Å². The van der Waals surface area contributed by atoms with Gasteiger partial charge in [0.1, 0.15) is 6.61 Å². The standard InChI is InChI=1S/C81H128O5/c1-3-5-7-9-11-13-15-17-19-21-23-25-27-29-31-33-35-37-38-39-40-41-42-44-45-47-49-51-53-55-57-59-61-63-65-67-69-71-73-75-80(83)85-78-79(77-82)86-81(84)76-74-72-70-68-66-64-62-60-58-56-54-52-50-48-46-43-36-34-32-30-28-26-24-22-20-18-16-14-12-10-8-6-4-2/h5-8,11-14,17-20,23-26,29-32,35-37,39-40,43,48,50,54,56,60,62,79,82H,3-4,9-10,15-16,21-22,27-28,33-34,38,41-42,44-47,49,51-53,55,57-59,61,63-78H2,1-2H3/b7-5-,8-6-,13-11-,14-12-,19-17-,20-18-,25-23-,26-24-,31-29-,32-30-,37-35-,40-39-,43-36-,50-48-,56-54-,62-60-. The predicted molar refractivity (Wildman–Crippen MR) is 379 cm³/mol. The first-order valence-electron chi connectivity index (χ1n) is 35.0. The minimum atomic E-state index is -0.797. The van der Waals surface area contributed by atoms with Crippen LogP contribution in [0, 0.1) is 0 Å². The number of unbranched alkanes of at least 4 members (excludes halogenated alkanes) is 22. The molecular formula is C81H128O5. The van der Waals surface area contributed by atoms with E-state index in [1.807, 2.05) is 0 Å². The maximum absolute atomic E-state index is 12.4. The minimum absolute atomic E-state index is 0.0839. The van der Waals surface area contributed by atoms with Crippen molar-refractivity contribution in [2.45, 2.75) is 290 Å². The number of hydrogen-bond donors (Lipinski definition) is 1. The van der Waals surface area contributed by atoms with Crippen LogP contribution in [-0.2, 0) is 19.1 Å². The summed E-state index contributed by atoms with van der Waals surface area (Å²) in [4.78, 5) is 24.7. The summed E-state index contributed by atoms with van der Waals surface area (Å²) in [6, 6.07) is 0. The lowest BCUT2D eigenvalue weighted by molar-refractivity contribution is -0.161. The highest BCUT2D eigenvalue weighted by Gasteiger charge is 2.16. The molecule has 0 aromatic carbocycles. The molecule has 0 bridgehead atoms. The lowest BCUT2D eigenvalue weighted by Crippen LogP contribution is -2.28. The zero-order chi connectivity index (χ0) is 61.9. The van der Waals surface area contributed by atoms with Crippen molar-refractivity contribution < 1.29 is 24.2 Å². The Kier molecular flexibility index (Phi) is 69.5. The molecule has 0 aliphatic heterocycles. The van der Waals surface area contributed by atoms with E-state index in [2.05, 4.69) is 208 Å². The lowest BCUT2D eigenvalue weighted by atomic mass is 10.0. The number of allylic oxidation sites excluding steroid dienone is 32. The molecular weight excluding hydrogens is 1050 g/mol. The van der Waals surface area contributed by atoms with Crippen LogP contribution in [0.1, 0.15) is 284 Å². The Morgan fingerprint density at radius 2 is 0.465 bits per heavy atom. The van der Waals surface area contributed by atoms with E-state index in [0.717, 1.165) is 161 Å². The third kappa shape index (κ3) is 71.2. The summed E-state index contributed by atoms with van der Waals surface area (Å²) in [6.07, 6.45) is 117. The van der Waals surface area contributed by atoms with Crippen molar-refractivity contribution in [3.8, 4) is 0 Å². The molecule has 0 aliphatic carbocycles. The summed E-state index contributed by atoms with van der Waals surface area (Å²) in [7, 11) is 0. The van der Waals surface area contributed by atoms with Gasteiger partial charge in [0, 0.05) is 12.8 Å². The quantitative estimate of drug-likeness (QED) is 0.0373. The van der Waals surface area contributed by atoms with Crippen molar-refractivity contribution in [1.29, 1.82) is 0 Å². The minimum Gasteiger partial charge on any atom is -0.462 e. The van der Waals surface area contributed by atoms with Crippen molar-refractivity contribution in [3.05, 3.63) is 194 Å². The fourth-order valence-electron chi connectivity index (χ4n) is 9.24. The molecule has 0 aromatic heterocycles. The van der Waals surface area contributed by atoms with E-state index in [-0.39, 0.29) is 25.2 Å². The zero-order valence-corrected chi connectivity index (χ0v) is 55.2. The number of aliphatic hydroxyl groups is 1. The molecule has 1 atom stereocenters. The first-order chi connectivity index (χ1) is 42.6. The van der Waals surface area contributed by atoms with Crippen LogP contribution in [0.25, 0.3) is 0 Å². The smallest absolute Gasteiger partial charge is 0.306 e. The molecule has 0 fully saturated rings. The molecule has 0 saturated carbocycles. The second-order valence-corrected chi connectivity index (χ2v) is 22.5. The van der Waals surface area contributed by atoms with Crippen molar-refractivity contribution >= 4 is 11.9 Å². The van der Waals surface area contributed by atoms with Gasteiger partial charge in [0.25, 0.3) is 0 Å². The molecule has 1 unspecified atom stereocenters. The Labute approximate surface area is 530 Å². The van der Waals surface area contributed by atoms with Crippen LogP contribution in [0.4, 0.5) is 0 Å². The molecule has 0 spiro atoms. The van der Waals surface area contributed by atoms with Crippen LogP contribution in [0.3, 0.4) is 0 Å². The van der Waals surface area contributed by atoms with Crippen molar-refractivity contribution in [2.75, 3.05) is 13.2 Å². The molecule has 0 heterocycles. The van der Waals surface area contributed by atoms with E-state index in [9.17, 15) is 14.7 Å². The van der Waals surface area contributed by atoms with Crippen molar-refractivity contribution in [1.82, 2.24) is 0 Å². The molecule has 0 amide bonds. The summed E-state index contributed by atoms with van der Waals surface area (Å²) >= 11 is 0. The Bertz CT molecular complexity index is 1970. The van der Waals surface area contributed by atoms with Crippen LogP contribution >= 0.6 is 0 Å². The number of aliphatic hydroxyl groups excluding tert-OH is 1. The van der Waals surface area contributed by atoms with Gasteiger partial charge in [-0.1, -0.05) is 324 Å². The van der Waals surface area contributed by atoms with Gasteiger partial charge in [-0.25, -0.2) is 0 Å². The van der Waals surface area contributed by atoms with Gasteiger partial charge in [0.2, 0.25) is 0 Å². The first kappa shape index (κ1) is 80.7. The molecule has 5 nitrogen and oxygen atoms in total. The predicted octanol–water partition coefficient (Wildman–Crippen LogP) is 24.8. The Hall–Kier alpha value is -5.26. The Balaban J connectivity index is 3.57. The van der Waals surface area contributed by atoms with Gasteiger partial charge in [-0.05, 0) is 141 Å². The highest BCUT2D eigenvalue weighted by atomic mass is 16.6. The number of carbonyl (C=O) groups excluding carboxylic acids is 2. The van der Waals surface area contributed by atoms with Gasteiger partial charge in [-0.15, -0.1) is 0 Å². The average molecular weight is 1180 g/mol. The normalized spacial score (nSPS) is 13.5. The highest BCUT2D eigenvalue weighted by Crippen LogP contribution is 2.16. The van der Waals surface area contributed by atoms with Gasteiger partial charge < -0.3 is 14.6 Å².